The van der Waals surface area contributed by atoms with Crippen molar-refractivity contribution >= 4 is 11.9 Å². The summed E-state index contributed by atoms with van der Waals surface area (Å²) in [6.07, 6.45) is -2.10. The van der Waals surface area contributed by atoms with Crippen molar-refractivity contribution in [3.63, 3.8) is 0 Å². The molecule has 0 bridgehead atoms. The van der Waals surface area contributed by atoms with E-state index < -0.39 is 24.5 Å². The van der Waals surface area contributed by atoms with Gasteiger partial charge in [-0.25, -0.2) is 4.79 Å². The SMILES string of the molecule is NCCNOC(=O)CC(O)C(=O)ONCCN. The summed E-state index contributed by atoms with van der Waals surface area (Å²) in [6, 6.07) is 0. The van der Waals surface area contributed by atoms with Crippen LogP contribution >= 0.6 is 0 Å². The highest BCUT2D eigenvalue weighted by Crippen LogP contribution is 1.95. The Morgan fingerprint density at radius 3 is 2.18 bits per heavy atom. The Bertz CT molecular complexity index is 238. The minimum Gasteiger partial charge on any atom is -0.381 e. The van der Waals surface area contributed by atoms with Crippen LogP contribution in [0.3, 0.4) is 0 Å². The van der Waals surface area contributed by atoms with E-state index in [1.807, 2.05) is 0 Å². The molecular weight excluding hydrogens is 232 g/mol. The lowest BCUT2D eigenvalue weighted by Gasteiger charge is -2.10. The van der Waals surface area contributed by atoms with Crippen molar-refractivity contribution in [3.8, 4) is 0 Å². The Kier molecular flexibility index (Phi) is 9.19. The molecule has 1 atom stereocenters. The van der Waals surface area contributed by atoms with Gasteiger partial charge in [-0.2, -0.15) is 11.0 Å². The predicted molar refractivity (Wildman–Crippen MR) is 56.9 cm³/mol. The zero-order chi connectivity index (χ0) is 13.1. The lowest BCUT2D eigenvalue weighted by atomic mass is 10.2. The molecule has 0 fully saturated rings. The molecule has 0 spiro atoms. The molecule has 0 saturated carbocycles. The lowest BCUT2D eigenvalue weighted by Crippen LogP contribution is -2.35. The van der Waals surface area contributed by atoms with Gasteiger partial charge in [0.25, 0.3) is 0 Å². The molecule has 0 amide bonds. The van der Waals surface area contributed by atoms with Crippen LogP contribution in [0.4, 0.5) is 0 Å². The first kappa shape index (κ1) is 15.7. The van der Waals surface area contributed by atoms with Gasteiger partial charge < -0.3 is 26.2 Å². The minimum atomic E-state index is -1.59. The topological polar surface area (TPSA) is 149 Å². The Balaban J connectivity index is 3.71. The Labute approximate surface area is 98.3 Å². The quantitative estimate of drug-likeness (QED) is 0.210. The third kappa shape index (κ3) is 8.54. The molecule has 7 N–H and O–H groups in total. The molecule has 0 aromatic carbocycles. The van der Waals surface area contributed by atoms with Gasteiger partial charge in [-0.15, -0.1) is 0 Å². The number of hydroxylamine groups is 2. The molecule has 0 heterocycles. The summed E-state index contributed by atoms with van der Waals surface area (Å²) in [7, 11) is 0. The van der Waals surface area contributed by atoms with Gasteiger partial charge in [0.1, 0.15) is 0 Å². The normalized spacial score (nSPS) is 11.9. The number of hydrogen-bond acceptors (Lipinski definition) is 9. The number of carbonyl (C=O) groups excluding carboxylic acids is 2. The Morgan fingerprint density at radius 1 is 1.12 bits per heavy atom. The van der Waals surface area contributed by atoms with Crippen molar-refractivity contribution in [2.75, 3.05) is 26.2 Å². The fraction of sp³-hybridized carbons (Fsp3) is 0.750. The van der Waals surface area contributed by atoms with Gasteiger partial charge in [-0.1, -0.05) is 0 Å². The third-order valence-electron chi connectivity index (χ3n) is 1.48. The van der Waals surface area contributed by atoms with E-state index >= 15 is 0 Å². The van der Waals surface area contributed by atoms with E-state index in [0.717, 1.165) is 0 Å². The van der Waals surface area contributed by atoms with Crippen molar-refractivity contribution in [1.82, 2.24) is 11.0 Å². The van der Waals surface area contributed by atoms with Crippen LogP contribution < -0.4 is 22.4 Å². The van der Waals surface area contributed by atoms with E-state index in [2.05, 4.69) is 20.6 Å². The predicted octanol–water partition coefficient (Wildman–Crippen LogP) is -3.25. The van der Waals surface area contributed by atoms with Gasteiger partial charge in [0.05, 0.1) is 6.42 Å². The number of nitrogens with two attached hydrogens (primary N) is 2. The van der Waals surface area contributed by atoms with Crippen LogP contribution in [0.5, 0.6) is 0 Å². The van der Waals surface area contributed by atoms with Crippen molar-refractivity contribution in [3.05, 3.63) is 0 Å². The summed E-state index contributed by atoms with van der Waals surface area (Å²) in [5.41, 5.74) is 14.8. The fourth-order valence-electron chi connectivity index (χ4n) is 0.722. The number of hydrogen-bond donors (Lipinski definition) is 5. The first-order valence-electron chi connectivity index (χ1n) is 5.06. The highest BCUT2D eigenvalue weighted by Gasteiger charge is 2.21. The molecule has 0 aliphatic heterocycles. The molecule has 0 saturated heterocycles. The zero-order valence-corrected chi connectivity index (χ0v) is 9.35. The molecule has 0 radical (unpaired) electrons. The maximum absolute atomic E-state index is 11.1. The van der Waals surface area contributed by atoms with Crippen molar-refractivity contribution in [2.24, 2.45) is 11.5 Å². The average molecular weight is 250 g/mol. The van der Waals surface area contributed by atoms with Crippen LogP contribution in [-0.4, -0.2) is 49.3 Å². The zero-order valence-electron chi connectivity index (χ0n) is 9.35. The van der Waals surface area contributed by atoms with Crippen molar-refractivity contribution in [1.29, 1.82) is 0 Å². The van der Waals surface area contributed by atoms with Crippen LogP contribution in [0.15, 0.2) is 0 Å². The van der Waals surface area contributed by atoms with Gasteiger partial charge in [0.15, 0.2) is 6.10 Å². The summed E-state index contributed by atoms with van der Waals surface area (Å²) in [6.45, 7) is 1.10. The monoisotopic (exact) mass is 250 g/mol. The molecule has 9 nitrogen and oxygen atoms in total. The number of nitrogens with one attached hydrogen (secondary N) is 2. The maximum atomic E-state index is 11.1. The third-order valence-corrected chi connectivity index (χ3v) is 1.48. The second-order valence-electron chi connectivity index (χ2n) is 2.98. The van der Waals surface area contributed by atoms with E-state index in [1.165, 1.54) is 0 Å². The highest BCUT2D eigenvalue weighted by molar-refractivity contribution is 5.81. The van der Waals surface area contributed by atoms with Gasteiger partial charge in [-0.05, 0) is 0 Å². The van der Waals surface area contributed by atoms with Crippen LogP contribution in [0, 0.1) is 0 Å². The molecule has 1 unspecified atom stereocenters. The van der Waals surface area contributed by atoms with E-state index in [-0.39, 0.29) is 19.6 Å². The van der Waals surface area contributed by atoms with Gasteiger partial charge >= 0.3 is 11.9 Å². The molecule has 9 heteroatoms. The second kappa shape index (κ2) is 9.93. The summed E-state index contributed by atoms with van der Waals surface area (Å²) in [4.78, 5) is 30.9. The number of aliphatic hydroxyl groups excluding tert-OH is 1. The number of rotatable bonds is 9. The lowest BCUT2D eigenvalue weighted by molar-refractivity contribution is -0.167. The molecule has 0 aliphatic carbocycles. The van der Waals surface area contributed by atoms with E-state index in [0.29, 0.717) is 6.54 Å². The van der Waals surface area contributed by atoms with Crippen LogP contribution in [0.1, 0.15) is 6.42 Å². The van der Waals surface area contributed by atoms with Crippen LogP contribution in [0.2, 0.25) is 0 Å². The van der Waals surface area contributed by atoms with Crippen molar-refractivity contribution < 1.29 is 24.4 Å². The van der Waals surface area contributed by atoms with Gasteiger partial charge in [0, 0.05) is 26.2 Å². The summed E-state index contributed by atoms with van der Waals surface area (Å²) >= 11 is 0. The maximum Gasteiger partial charge on any atom is 0.354 e. The fourth-order valence-corrected chi connectivity index (χ4v) is 0.722. The van der Waals surface area contributed by atoms with Gasteiger partial charge in [0.2, 0.25) is 0 Å². The van der Waals surface area contributed by atoms with Crippen LogP contribution in [-0.2, 0) is 19.3 Å². The molecule has 0 aliphatic rings. The van der Waals surface area contributed by atoms with E-state index in [1.54, 1.807) is 0 Å². The summed E-state index contributed by atoms with van der Waals surface area (Å²) < 4.78 is 0. The second-order valence-corrected chi connectivity index (χ2v) is 2.98. The first-order valence-corrected chi connectivity index (χ1v) is 5.06. The first-order chi connectivity index (χ1) is 8.11. The molecular formula is C8H18N4O5. The Hall–Kier alpha value is -1.26. The van der Waals surface area contributed by atoms with Crippen molar-refractivity contribution in [2.45, 2.75) is 12.5 Å². The smallest absolute Gasteiger partial charge is 0.354 e. The van der Waals surface area contributed by atoms with Gasteiger partial charge in [-0.3, -0.25) is 4.79 Å². The number of carbonyl (C=O) groups is 2. The standard InChI is InChI=1S/C8H18N4O5/c9-1-3-11-16-7(14)5-6(13)8(15)17-12-4-2-10/h6,11-13H,1-5,9-10H2. The minimum absolute atomic E-state index is 0.251. The molecule has 0 aromatic heterocycles. The summed E-state index contributed by atoms with van der Waals surface area (Å²) in [5, 5.41) is 9.24. The number of aliphatic hydroxyl groups is 1. The summed E-state index contributed by atoms with van der Waals surface area (Å²) in [5.74, 6) is -1.77. The molecule has 17 heavy (non-hydrogen) atoms. The van der Waals surface area contributed by atoms with Crippen LogP contribution in [0.25, 0.3) is 0 Å². The Morgan fingerprint density at radius 2 is 1.65 bits per heavy atom. The largest absolute Gasteiger partial charge is 0.381 e. The molecule has 0 rings (SSSR count). The van der Waals surface area contributed by atoms with E-state index in [9.17, 15) is 14.7 Å². The molecule has 100 valence electrons. The van der Waals surface area contributed by atoms with E-state index in [4.69, 9.17) is 11.5 Å². The average Bonchev–Trinajstić information content (AvgIpc) is 2.29. The molecule has 0 aromatic rings. The highest BCUT2D eigenvalue weighted by atomic mass is 16.7.